The summed E-state index contributed by atoms with van der Waals surface area (Å²) in [5.74, 6) is -0.526. The molecule has 3 rings (SSSR count). The fourth-order valence-corrected chi connectivity index (χ4v) is 3.70. The zero-order valence-corrected chi connectivity index (χ0v) is 17.9. The predicted octanol–water partition coefficient (Wildman–Crippen LogP) is 6.66. The maximum atomic E-state index is 13.7. The minimum absolute atomic E-state index is 0.0521. The van der Waals surface area contributed by atoms with Crippen LogP contribution in [0.25, 0.3) is 0 Å². The Hall–Kier alpha value is -2.71. The molecule has 2 aromatic rings. The van der Waals surface area contributed by atoms with Crippen LogP contribution in [-0.2, 0) is 30.1 Å². The van der Waals surface area contributed by atoms with Crippen molar-refractivity contribution in [1.82, 2.24) is 0 Å². The molecule has 2 aromatic carbocycles. The maximum absolute atomic E-state index is 13.7. The fourth-order valence-electron chi connectivity index (χ4n) is 3.70. The minimum Gasteiger partial charge on any atom is -0.367 e. The second-order valence-corrected chi connectivity index (χ2v) is 9.17. The number of fused-ring (bicyclic) bond motifs is 1. The van der Waals surface area contributed by atoms with Gasteiger partial charge in [-0.05, 0) is 53.3 Å². The van der Waals surface area contributed by atoms with Crippen LogP contribution in [0.4, 0.5) is 37.7 Å². The van der Waals surface area contributed by atoms with Crippen molar-refractivity contribution in [1.29, 1.82) is 0 Å². The Labute approximate surface area is 182 Å². The number of amides is 1. The Kier molecular flexibility index (Phi) is 6.23. The standard InChI is InChI=1S/C23H24F6N2O/c1-21(2,3)12-20(32)30-19-7-6-17(11-18(19)23(27,28)29)31-9-8-14-4-5-16(22(24,25)26)10-15(14)13-31/h4-7,10-11H,8-9,12-13H2,1-3H3,(H,30,32). The van der Waals surface area contributed by atoms with Crippen LogP contribution in [-0.4, -0.2) is 12.5 Å². The summed E-state index contributed by atoms with van der Waals surface area (Å²) in [7, 11) is 0. The van der Waals surface area contributed by atoms with Crippen LogP contribution in [0.15, 0.2) is 36.4 Å². The van der Waals surface area contributed by atoms with E-state index < -0.39 is 29.4 Å². The highest BCUT2D eigenvalue weighted by molar-refractivity contribution is 5.92. The first-order valence-electron chi connectivity index (χ1n) is 10.1. The van der Waals surface area contributed by atoms with E-state index in [0.29, 0.717) is 18.5 Å². The van der Waals surface area contributed by atoms with E-state index in [2.05, 4.69) is 5.32 Å². The summed E-state index contributed by atoms with van der Waals surface area (Å²) in [5, 5.41) is 2.34. The van der Waals surface area contributed by atoms with Gasteiger partial charge < -0.3 is 10.2 Å². The van der Waals surface area contributed by atoms with Gasteiger partial charge in [-0.3, -0.25) is 4.79 Å². The summed E-state index contributed by atoms with van der Waals surface area (Å²) < 4.78 is 80.3. The lowest BCUT2D eigenvalue weighted by atomic mass is 9.92. The number of anilines is 2. The molecule has 1 aliphatic heterocycles. The van der Waals surface area contributed by atoms with Gasteiger partial charge in [-0.15, -0.1) is 0 Å². The van der Waals surface area contributed by atoms with Crippen LogP contribution in [0.5, 0.6) is 0 Å². The second kappa shape index (κ2) is 8.33. The summed E-state index contributed by atoms with van der Waals surface area (Å²) in [6.07, 6.45) is -8.74. The normalized spacial score (nSPS) is 14.8. The van der Waals surface area contributed by atoms with Gasteiger partial charge in [-0.2, -0.15) is 26.3 Å². The molecule has 174 valence electrons. The van der Waals surface area contributed by atoms with Crippen LogP contribution >= 0.6 is 0 Å². The third-order valence-corrected chi connectivity index (χ3v) is 5.18. The molecule has 0 unspecified atom stereocenters. The average Bonchev–Trinajstić information content (AvgIpc) is 2.64. The molecule has 0 atom stereocenters. The largest absolute Gasteiger partial charge is 0.418 e. The van der Waals surface area contributed by atoms with Gasteiger partial charge in [-0.25, -0.2) is 0 Å². The molecule has 32 heavy (non-hydrogen) atoms. The number of nitrogens with one attached hydrogen (secondary N) is 1. The van der Waals surface area contributed by atoms with Crippen LogP contribution < -0.4 is 10.2 Å². The van der Waals surface area contributed by atoms with Gasteiger partial charge in [0.15, 0.2) is 0 Å². The van der Waals surface area contributed by atoms with Crippen molar-refractivity contribution in [2.45, 2.75) is 52.5 Å². The number of hydrogen-bond donors (Lipinski definition) is 1. The number of carbonyl (C=O) groups excluding carboxylic acids is 1. The van der Waals surface area contributed by atoms with Crippen molar-refractivity contribution in [2.24, 2.45) is 5.41 Å². The predicted molar refractivity (Wildman–Crippen MR) is 110 cm³/mol. The van der Waals surface area contributed by atoms with E-state index in [4.69, 9.17) is 0 Å². The number of nitrogens with zero attached hydrogens (tertiary/aromatic N) is 1. The number of alkyl halides is 6. The number of hydrogen-bond acceptors (Lipinski definition) is 2. The summed E-state index contributed by atoms with van der Waals surface area (Å²) in [6.45, 7) is 5.84. The van der Waals surface area contributed by atoms with E-state index in [9.17, 15) is 31.1 Å². The summed E-state index contributed by atoms with van der Waals surface area (Å²) in [5.41, 5.74) is -1.10. The highest BCUT2D eigenvalue weighted by Crippen LogP contribution is 2.39. The zero-order valence-electron chi connectivity index (χ0n) is 17.9. The lowest BCUT2D eigenvalue weighted by Crippen LogP contribution is -2.31. The monoisotopic (exact) mass is 458 g/mol. The van der Waals surface area contributed by atoms with Crippen molar-refractivity contribution < 1.29 is 31.1 Å². The first-order valence-corrected chi connectivity index (χ1v) is 10.1. The van der Waals surface area contributed by atoms with Gasteiger partial charge in [-0.1, -0.05) is 26.8 Å². The molecule has 0 aliphatic carbocycles. The summed E-state index contributed by atoms with van der Waals surface area (Å²) in [6, 6.07) is 7.06. The van der Waals surface area contributed by atoms with Crippen LogP contribution in [0.3, 0.4) is 0 Å². The molecule has 0 aromatic heterocycles. The Bertz CT molecular complexity index is 1010. The Morgan fingerprint density at radius 3 is 2.22 bits per heavy atom. The van der Waals surface area contributed by atoms with Gasteiger partial charge >= 0.3 is 12.4 Å². The van der Waals surface area contributed by atoms with E-state index >= 15 is 0 Å². The first kappa shape index (κ1) is 23.9. The molecule has 0 saturated heterocycles. The number of carbonyl (C=O) groups is 1. The molecule has 3 nitrogen and oxygen atoms in total. The molecule has 0 bridgehead atoms. The Balaban J connectivity index is 1.89. The molecule has 9 heteroatoms. The van der Waals surface area contributed by atoms with E-state index in [0.717, 1.165) is 23.8 Å². The lowest BCUT2D eigenvalue weighted by Gasteiger charge is -2.32. The van der Waals surface area contributed by atoms with Crippen molar-refractivity contribution in [3.05, 3.63) is 58.7 Å². The Morgan fingerprint density at radius 1 is 0.938 bits per heavy atom. The first-order chi connectivity index (χ1) is 14.6. The van der Waals surface area contributed by atoms with E-state index in [1.54, 1.807) is 25.7 Å². The van der Waals surface area contributed by atoms with Crippen LogP contribution in [0.2, 0.25) is 0 Å². The van der Waals surface area contributed by atoms with Crippen molar-refractivity contribution in [3.8, 4) is 0 Å². The van der Waals surface area contributed by atoms with E-state index in [1.807, 2.05) is 0 Å². The molecule has 1 amide bonds. The Morgan fingerprint density at radius 2 is 1.62 bits per heavy atom. The quantitative estimate of drug-likeness (QED) is 0.522. The lowest BCUT2D eigenvalue weighted by molar-refractivity contribution is -0.138. The molecule has 0 radical (unpaired) electrons. The summed E-state index contributed by atoms with van der Waals surface area (Å²) >= 11 is 0. The fraction of sp³-hybridized carbons (Fsp3) is 0.435. The van der Waals surface area contributed by atoms with Gasteiger partial charge in [0.2, 0.25) is 5.91 Å². The second-order valence-electron chi connectivity index (χ2n) is 9.17. The highest BCUT2D eigenvalue weighted by Gasteiger charge is 2.36. The number of rotatable bonds is 3. The molecule has 1 heterocycles. The van der Waals surface area contributed by atoms with Gasteiger partial charge in [0.1, 0.15) is 0 Å². The van der Waals surface area contributed by atoms with Gasteiger partial charge in [0.05, 0.1) is 16.8 Å². The molecule has 0 saturated carbocycles. The number of halogens is 6. The van der Waals surface area contributed by atoms with E-state index in [1.165, 1.54) is 18.2 Å². The van der Waals surface area contributed by atoms with Crippen LogP contribution in [0, 0.1) is 5.41 Å². The minimum atomic E-state index is -4.71. The third-order valence-electron chi connectivity index (χ3n) is 5.18. The van der Waals surface area contributed by atoms with Crippen LogP contribution in [0.1, 0.15) is 49.4 Å². The molecular formula is C23H24F6N2O. The molecule has 0 spiro atoms. The number of benzene rings is 2. The van der Waals surface area contributed by atoms with Crippen molar-refractivity contribution in [3.63, 3.8) is 0 Å². The molecule has 1 N–H and O–H groups in total. The maximum Gasteiger partial charge on any atom is 0.418 e. The van der Waals surface area contributed by atoms with E-state index in [-0.39, 0.29) is 29.8 Å². The summed E-state index contributed by atoms with van der Waals surface area (Å²) in [4.78, 5) is 13.8. The SMILES string of the molecule is CC(C)(C)CC(=O)Nc1ccc(N2CCc3ccc(C(F)(F)F)cc3C2)cc1C(F)(F)F. The van der Waals surface area contributed by atoms with Crippen molar-refractivity contribution >= 4 is 17.3 Å². The van der Waals surface area contributed by atoms with Gasteiger partial charge in [0.25, 0.3) is 0 Å². The average molecular weight is 458 g/mol. The zero-order chi connectivity index (χ0) is 23.9. The van der Waals surface area contributed by atoms with Crippen molar-refractivity contribution in [2.75, 3.05) is 16.8 Å². The molecule has 1 aliphatic rings. The molecular weight excluding hydrogens is 434 g/mol. The highest BCUT2D eigenvalue weighted by atomic mass is 19.4. The molecule has 0 fully saturated rings. The topological polar surface area (TPSA) is 32.3 Å². The smallest absolute Gasteiger partial charge is 0.367 e. The van der Waals surface area contributed by atoms with Gasteiger partial charge in [0, 0.05) is 25.2 Å². The third kappa shape index (κ3) is 5.75.